The number of hydrogen-bond donors (Lipinski definition) is 2. The van der Waals surface area contributed by atoms with E-state index in [4.69, 9.17) is 9.73 Å². The molecule has 150 valence electrons. The molecular formula is C18H34IN5OS. The molecule has 0 spiro atoms. The highest BCUT2D eigenvalue weighted by atomic mass is 127. The number of methoxy groups -OCH3 is 1. The number of likely N-dealkylation sites (N-methyl/N-ethyl adjacent to an activating group) is 1. The topological polar surface area (TPSA) is 52.1 Å². The summed E-state index contributed by atoms with van der Waals surface area (Å²) < 4.78 is 5.11. The number of thiophene rings is 1. The Labute approximate surface area is 179 Å². The first-order valence-electron chi connectivity index (χ1n) is 9.23. The number of guanidine groups is 1. The van der Waals surface area contributed by atoms with Crippen LogP contribution in [-0.4, -0.2) is 76.9 Å². The molecule has 0 unspecified atom stereocenters. The van der Waals surface area contributed by atoms with Crippen molar-refractivity contribution < 1.29 is 4.74 Å². The monoisotopic (exact) mass is 495 g/mol. The predicted molar refractivity (Wildman–Crippen MR) is 123 cm³/mol. The Morgan fingerprint density at radius 3 is 2.77 bits per heavy atom. The van der Waals surface area contributed by atoms with Crippen molar-refractivity contribution in [2.75, 3.05) is 64.9 Å². The van der Waals surface area contributed by atoms with Crippen LogP contribution < -0.4 is 15.5 Å². The Morgan fingerprint density at radius 1 is 1.38 bits per heavy atom. The Kier molecular flexibility index (Phi) is 12.2. The fraction of sp³-hybridized carbons (Fsp3) is 0.722. The maximum atomic E-state index is 5.11. The minimum absolute atomic E-state index is 0. The van der Waals surface area contributed by atoms with Crippen LogP contribution in [0.25, 0.3) is 0 Å². The molecule has 1 aromatic heterocycles. The number of ether oxygens (including phenoxy) is 1. The average molecular weight is 495 g/mol. The minimum Gasteiger partial charge on any atom is -0.383 e. The summed E-state index contributed by atoms with van der Waals surface area (Å²) in [6.45, 7) is 8.66. The van der Waals surface area contributed by atoms with Crippen LogP contribution in [0, 0.1) is 0 Å². The number of nitrogens with one attached hydrogen (secondary N) is 2. The van der Waals surface area contributed by atoms with Gasteiger partial charge in [0.25, 0.3) is 0 Å². The molecule has 0 atom stereocenters. The van der Waals surface area contributed by atoms with Crippen molar-refractivity contribution >= 4 is 46.3 Å². The van der Waals surface area contributed by atoms with Crippen LogP contribution in [0.15, 0.2) is 22.5 Å². The summed E-state index contributed by atoms with van der Waals surface area (Å²) in [5, 5.41) is 10.5. The molecule has 0 amide bonds. The molecule has 0 bridgehead atoms. The highest BCUT2D eigenvalue weighted by Crippen LogP contribution is 2.24. The maximum absolute atomic E-state index is 5.11. The Morgan fingerprint density at radius 2 is 2.15 bits per heavy atom. The maximum Gasteiger partial charge on any atom is 0.191 e. The molecule has 2 heterocycles. The van der Waals surface area contributed by atoms with Gasteiger partial charge in [-0.05, 0) is 44.3 Å². The van der Waals surface area contributed by atoms with E-state index in [0.717, 1.165) is 64.7 Å². The lowest BCUT2D eigenvalue weighted by Gasteiger charge is -2.33. The number of aliphatic imine (C=N–C) groups is 1. The minimum atomic E-state index is 0. The molecular weight excluding hydrogens is 461 g/mol. The number of anilines is 1. The van der Waals surface area contributed by atoms with Gasteiger partial charge >= 0.3 is 0 Å². The van der Waals surface area contributed by atoms with Gasteiger partial charge in [-0.25, -0.2) is 0 Å². The Balaban J connectivity index is 0.00000338. The number of halogens is 1. The second kappa shape index (κ2) is 13.6. The number of nitrogens with zero attached hydrogens (tertiary/aromatic N) is 3. The smallest absolute Gasteiger partial charge is 0.191 e. The summed E-state index contributed by atoms with van der Waals surface area (Å²) in [4.78, 5) is 9.45. The summed E-state index contributed by atoms with van der Waals surface area (Å²) in [7, 11) is 3.85. The van der Waals surface area contributed by atoms with Gasteiger partial charge in [0.05, 0.1) is 18.2 Å². The van der Waals surface area contributed by atoms with Crippen molar-refractivity contribution in [3.8, 4) is 0 Å². The van der Waals surface area contributed by atoms with Crippen LogP contribution in [0.4, 0.5) is 5.00 Å². The first kappa shape index (κ1) is 23.5. The zero-order valence-electron chi connectivity index (χ0n) is 16.2. The molecule has 2 N–H and O–H groups in total. The largest absolute Gasteiger partial charge is 0.383 e. The van der Waals surface area contributed by atoms with E-state index >= 15 is 0 Å². The lowest BCUT2D eigenvalue weighted by atomic mass is 10.1. The van der Waals surface area contributed by atoms with E-state index in [1.54, 1.807) is 7.11 Å². The molecule has 1 aromatic rings. The van der Waals surface area contributed by atoms with Crippen LogP contribution in [0.1, 0.15) is 19.8 Å². The van der Waals surface area contributed by atoms with Gasteiger partial charge in [-0.15, -0.1) is 35.3 Å². The highest BCUT2D eigenvalue weighted by molar-refractivity contribution is 14.0. The van der Waals surface area contributed by atoms with Gasteiger partial charge in [-0.1, -0.05) is 0 Å². The molecule has 2 rings (SSSR count). The second-order valence-electron chi connectivity index (χ2n) is 6.41. The van der Waals surface area contributed by atoms with Crippen LogP contribution in [0.3, 0.4) is 0 Å². The van der Waals surface area contributed by atoms with Gasteiger partial charge in [0.1, 0.15) is 0 Å². The number of rotatable bonds is 9. The van der Waals surface area contributed by atoms with Crippen molar-refractivity contribution in [2.24, 2.45) is 4.99 Å². The summed E-state index contributed by atoms with van der Waals surface area (Å²) in [6.07, 6.45) is 2.30. The summed E-state index contributed by atoms with van der Waals surface area (Å²) in [5.41, 5.74) is 0. The van der Waals surface area contributed by atoms with Crippen molar-refractivity contribution in [2.45, 2.75) is 25.8 Å². The molecule has 0 saturated carbocycles. The molecule has 0 aliphatic carbocycles. The molecule has 1 saturated heterocycles. The summed E-state index contributed by atoms with van der Waals surface area (Å²) >= 11 is 1.83. The Hall–Kier alpha value is -0.580. The van der Waals surface area contributed by atoms with Gasteiger partial charge in [-0.3, -0.25) is 4.99 Å². The van der Waals surface area contributed by atoms with Gasteiger partial charge in [0.15, 0.2) is 5.96 Å². The van der Waals surface area contributed by atoms with E-state index in [9.17, 15) is 0 Å². The molecule has 0 aromatic carbocycles. The second-order valence-corrected chi connectivity index (χ2v) is 7.34. The van der Waals surface area contributed by atoms with Crippen molar-refractivity contribution in [1.82, 2.24) is 15.5 Å². The molecule has 0 radical (unpaired) electrons. The fourth-order valence-electron chi connectivity index (χ4n) is 2.90. The summed E-state index contributed by atoms with van der Waals surface area (Å²) in [6, 6.07) is 4.84. The van der Waals surface area contributed by atoms with Crippen LogP contribution in [0.5, 0.6) is 0 Å². The zero-order chi connectivity index (χ0) is 17.9. The SMILES string of the molecule is CCNC(=NCCN(C)CCOC)NC1CCN(c2cccs2)CC1.I. The first-order chi connectivity index (χ1) is 12.2. The van der Waals surface area contributed by atoms with Gasteiger partial charge in [0.2, 0.25) is 0 Å². The van der Waals surface area contributed by atoms with Crippen molar-refractivity contribution in [3.63, 3.8) is 0 Å². The lowest BCUT2D eigenvalue weighted by Crippen LogP contribution is -2.48. The van der Waals surface area contributed by atoms with Crippen LogP contribution in [0.2, 0.25) is 0 Å². The van der Waals surface area contributed by atoms with E-state index in [-0.39, 0.29) is 24.0 Å². The van der Waals surface area contributed by atoms with Crippen molar-refractivity contribution in [1.29, 1.82) is 0 Å². The van der Waals surface area contributed by atoms with Crippen molar-refractivity contribution in [3.05, 3.63) is 17.5 Å². The van der Waals surface area contributed by atoms with E-state index in [1.807, 2.05) is 11.3 Å². The standard InChI is InChI=1S/C18H33N5OS.HI/c1-4-19-18(20-9-12-22(2)13-14-24-3)21-16-7-10-23(11-8-16)17-6-5-15-25-17;/h5-6,15-16H,4,7-14H2,1-3H3,(H2,19,20,21);1H. The fourth-order valence-corrected chi connectivity index (χ4v) is 3.68. The van der Waals surface area contributed by atoms with E-state index in [2.05, 4.69) is 51.9 Å². The van der Waals surface area contributed by atoms with E-state index in [1.165, 1.54) is 5.00 Å². The molecule has 8 heteroatoms. The van der Waals surface area contributed by atoms with Gasteiger partial charge in [0, 0.05) is 45.9 Å². The molecule has 26 heavy (non-hydrogen) atoms. The van der Waals surface area contributed by atoms with Gasteiger partial charge < -0.3 is 25.2 Å². The zero-order valence-corrected chi connectivity index (χ0v) is 19.4. The molecule has 1 fully saturated rings. The highest BCUT2D eigenvalue weighted by Gasteiger charge is 2.20. The third-order valence-corrected chi connectivity index (χ3v) is 5.36. The lowest BCUT2D eigenvalue weighted by molar-refractivity contribution is 0.163. The number of piperidine rings is 1. The first-order valence-corrected chi connectivity index (χ1v) is 10.1. The van der Waals surface area contributed by atoms with Crippen LogP contribution in [-0.2, 0) is 4.74 Å². The quantitative estimate of drug-likeness (QED) is 0.313. The molecule has 1 aliphatic rings. The predicted octanol–water partition coefficient (Wildman–Crippen LogP) is 2.47. The molecule has 6 nitrogen and oxygen atoms in total. The Bertz CT molecular complexity index is 492. The van der Waals surface area contributed by atoms with Crippen LogP contribution >= 0.6 is 35.3 Å². The van der Waals surface area contributed by atoms with E-state index < -0.39 is 0 Å². The molecule has 1 aliphatic heterocycles. The van der Waals surface area contributed by atoms with Gasteiger partial charge in [-0.2, -0.15) is 0 Å². The number of hydrogen-bond acceptors (Lipinski definition) is 5. The third-order valence-electron chi connectivity index (χ3n) is 4.43. The third kappa shape index (κ3) is 8.41. The van der Waals surface area contributed by atoms with E-state index in [0.29, 0.717) is 6.04 Å². The summed E-state index contributed by atoms with van der Waals surface area (Å²) in [5.74, 6) is 0.942. The normalized spacial score (nSPS) is 15.8. The average Bonchev–Trinajstić information content (AvgIpc) is 3.15.